The van der Waals surface area contributed by atoms with Crippen LogP contribution in [0.2, 0.25) is 0 Å². The lowest BCUT2D eigenvalue weighted by Crippen LogP contribution is -2.37. The first-order chi connectivity index (χ1) is 13.4. The van der Waals surface area contributed by atoms with Crippen molar-refractivity contribution < 1.29 is 17.9 Å². The van der Waals surface area contributed by atoms with Gasteiger partial charge in [-0.25, -0.2) is 13.2 Å². The third kappa shape index (κ3) is 5.14. The van der Waals surface area contributed by atoms with E-state index in [0.717, 1.165) is 32.0 Å². The van der Waals surface area contributed by atoms with Gasteiger partial charge in [0, 0.05) is 30.7 Å². The van der Waals surface area contributed by atoms with Crippen molar-refractivity contribution in [2.45, 2.75) is 43.4 Å². The molecule has 156 valence electrons. The molecule has 0 amide bonds. The molecular weight excluding hydrogens is 444 g/mol. The number of esters is 1. The first-order valence-electron chi connectivity index (χ1n) is 10.0. The molecule has 8 heteroatoms. The Kier molecular flexibility index (Phi) is 7.53. The van der Waals surface area contributed by atoms with Crippen molar-refractivity contribution in [3.8, 4) is 0 Å². The number of methoxy groups -OCH3 is 1. The van der Waals surface area contributed by atoms with Gasteiger partial charge in [0.1, 0.15) is 0 Å². The highest BCUT2D eigenvalue weighted by Crippen LogP contribution is 2.27. The number of benzene rings is 1. The molecule has 0 aromatic heterocycles. The molecule has 3 rings (SSSR count). The number of sulfonamides is 1. The second-order valence-electron chi connectivity index (χ2n) is 7.70. The maximum Gasteiger partial charge on any atom is 0.339 e. The van der Waals surface area contributed by atoms with Crippen LogP contribution in [0.3, 0.4) is 0 Å². The minimum absolute atomic E-state index is 0.136. The number of carbonyl (C=O) groups is 1. The smallest absolute Gasteiger partial charge is 0.339 e. The zero-order valence-corrected chi connectivity index (χ0v) is 18.8. The molecule has 6 nitrogen and oxygen atoms in total. The van der Waals surface area contributed by atoms with E-state index in [1.165, 1.54) is 51.3 Å². The van der Waals surface area contributed by atoms with Crippen LogP contribution < -0.4 is 0 Å². The molecule has 1 aromatic carbocycles. The topological polar surface area (TPSA) is 66.9 Å². The Morgan fingerprint density at radius 3 is 2.57 bits per heavy atom. The SMILES string of the molecule is COC(=O)c1cc(S(=O)(=O)N2CCCN(CC3CCCCC3)CC2)ccc1Br. The molecule has 0 atom stereocenters. The predicted molar refractivity (Wildman–Crippen MR) is 112 cm³/mol. The van der Waals surface area contributed by atoms with E-state index in [0.29, 0.717) is 17.6 Å². The van der Waals surface area contributed by atoms with Gasteiger partial charge in [-0.15, -0.1) is 0 Å². The summed E-state index contributed by atoms with van der Waals surface area (Å²) < 4.78 is 33.1. The van der Waals surface area contributed by atoms with Gasteiger partial charge in [-0.1, -0.05) is 19.3 Å². The Hall–Kier alpha value is -0.960. The summed E-state index contributed by atoms with van der Waals surface area (Å²) in [4.78, 5) is 14.5. The quantitative estimate of drug-likeness (QED) is 0.613. The molecule has 28 heavy (non-hydrogen) atoms. The van der Waals surface area contributed by atoms with Gasteiger partial charge in [-0.3, -0.25) is 0 Å². The Bertz CT molecular complexity index is 793. The van der Waals surface area contributed by atoms with Crippen molar-refractivity contribution in [3.63, 3.8) is 0 Å². The summed E-state index contributed by atoms with van der Waals surface area (Å²) in [5.41, 5.74) is 0.220. The van der Waals surface area contributed by atoms with E-state index in [4.69, 9.17) is 4.74 Å². The van der Waals surface area contributed by atoms with Crippen molar-refractivity contribution in [3.05, 3.63) is 28.2 Å². The number of hydrogen-bond acceptors (Lipinski definition) is 5. The van der Waals surface area contributed by atoms with E-state index in [9.17, 15) is 13.2 Å². The van der Waals surface area contributed by atoms with Crippen molar-refractivity contribution >= 4 is 31.9 Å². The molecule has 1 saturated heterocycles. The largest absolute Gasteiger partial charge is 0.465 e. The van der Waals surface area contributed by atoms with E-state index < -0.39 is 16.0 Å². The van der Waals surface area contributed by atoms with Crippen molar-refractivity contribution in [1.82, 2.24) is 9.21 Å². The third-order valence-electron chi connectivity index (χ3n) is 5.77. The molecule has 0 N–H and O–H groups in total. The lowest BCUT2D eigenvalue weighted by atomic mass is 9.89. The van der Waals surface area contributed by atoms with E-state index >= 15 is 0 Å². The van der Waals surface area contributed by atoms with E-state index in [-0.39, 0.29) is 10.5 Å². The molecule has 1 aliphatic carbocycles. The first-order valence-corrected chi connectivity index (χ1v) is 12.3. The molecule has 1 aliphatic heterocycles. The summed E-state index contributed by atoms with van der Waals surface area (Å²) >= 11 is 3.29. The number of halogens is 1. The van der Waals surface area contributed by atoms with E-state index in [1.54, 1.807) is 10.4 Å². The Morgan fingerprint density at radius 1 is 1.11 bits per heavy atom. The summed E-state index contributed by atoms with van der Waals surface area (Å²) in [5.74, 6) is 0.199. The number of carbonyl (C=O) groups excluding carboxylic acids is 1. The zero-order chi connectivity index (χ0) is 20.1. The van der Waals surface area contributed by atoms with Gasteiger partial charge in [0.2, 0.25) is 10.0 Å². The minimum atomic E-state index is -3.64. The van der Waals surface area contributed by atoms with Crippen molar-refractivity contribution in [2.24, 2.45) is 5.92 Å². The van der Waals surface area contributed by atoms with Crippen LogP contribution in [0.1, 0.15) is 48.9 Å². The van der Waals surface area contributed by atoms with Gasteiger partial charge < -0.3 is 9.64 Å². The number of rotatable bonds is 5. The predicted octanol–water partition coefficient (Wildman–Crippen LogP) is 3.51. The molecule has 0 bridgehead atoms. The second-order valence-corrected chi connectivity index (χ2v) is 10.5. The summed E-state index contributed by atoms with van der Waals surface area (Å²) in [6.45, 7) is 3.77. The van der Waals surface area contributed by atoms with Crippen molar-refractivity contribution in [2.75, 3.05) is 39.8 Å². The molecular formula is C20H29BrN2O4S. The van der Waals surface area contributed by atoms with Crippen LogP contribution in [-0.4, -0.2) is 63.4 Å². The molecule has 1 saturated carbocycles. The third-order valence-corrected chi connectivity index (χ3v) is 8.36. The van der Waals surface area contributed by atoms with Gasteiger partial charge in [-0.05, 0) is 65.9 Å². The Labute approximate surface area is 176 Å². The van der Waals surface area contributed by atoms with Crippen LogP contribution >= 0.6 is 15.9 Å². The standard InChI is InChI=1S/C20H29BrN2O4S/c1-27-20(24)18-14-17(8-9-19(18)21)28(25,26)23-11-5-10-22(12-13-23)15-16-6-3-2-4-7-16/h8-9,14,16H,2-7,10-13,15H2,1H3. The highest BCUT2D eigenvalue weighted by molar-refractivity contribution is 9.10. The first kappa shape index (κ1) is 21.7. The fourth-order valence-corrected chi connectivity index (χ4v) is 6.09. The van der Waals surface area contributed by atoms with Crippen LogP contribution in [0, 0.1) is 5.92 Å². The summed E-state index contributed by atoms with van der Waals surface area (Å²) in [6, 6.07) is 4.53. The highest BCUT2D eigenvalue weighted by Gasteiger charge is 2.29. The maximum atomic E-state index is 13.2. The maximum absolute atomic E-state index is 13.2. The van der Waals surface area contributed by atoms with Crippen LogP contribution in [0.4, 0.5) is 0 Å². The number of hydrogen-bond donors (Lipinski definition) is 0. The van der Waals surface area contributed by atoms with Gasteiger partial charge in [-0.2, -0.15) is 4.31 Å². The molecule has 0 spiro atoms. The van der Waals surface area contributed by atoms with E-state index in [1.807, 2.05) is 0 Å². The normalized spacial score (nSPS) is 20.6. The van der Waals surface area contributed by atoms with Crippen LogP contribution in [0.15, 0.2) is 27.6 Å². The number of ether oxygens (including phenoxy) is 1. The molecule has 1 heterocycles. The van der Waals surface area contributed by atoms with Crippen LogP contribution in [0.25, 0.3) is 0 Å². The van der Waals surface area contributed by atoms with Crippen LogP contribution in [0.5, 0.6) is 0 Å². The zero-order valence-electron chi connectivity index (χ0n) is 16.4. The molecule has 1 aromatic rings. The van der Waals surface area contributed by atoms with Gasteiger partial charge in [0.25, 0.3) is 0 Å². The Balaban J connectivity index is 1.69. The number of nitrogens with zero attached hydrogens (tertiary/aromatic N) is 2. The highest BCUT2D eigenvalue weighted by atomic mass is 79.9. The minimum Gasteiger partial charge on any atom is -0.465 e. The fourth-order valence-electron chi connectivity index (χ4n) is 4.19. The van der Waals surface area contributed by atoms with Gasteiger partial charge >= 0.3 is 5.97 Å². The lowest BCUT2D eigenvalue weighted by Gasteiger charge is -2.28. The van der Waals surface area contributed by atoms with Crippen LogP contribution in [-0.2, 0) is 14.8 Å². The average Bonchev–Trinajstić information content (AvgIpc) is 2.94. The molecule has 2 fully saturated rings. The molecule has 2 aliphatic rings. The van der Waals surface area contributed by atoms with Gasteiger partial charge in [0.15, 0.2) is 0 Å². The monoisotopic (exact) mass is 472 g/mol. The fraction of sp³-hybridized carbons (Fsp3) is 0.650. The Morgan fingerprint density at radius 2 is 1.86 bits per heavy atom. The summed E-state index contributed by atoms with van der Waals surface area (Å²) in [7, 11) is -2.36. The lowest BCUT2D eigenvalue weighted by molar-refractivity contribution is 0.0599. The van der Waals surface area contributed by atoms with E-state index in [2.05, 4.69) is 20.8 Å². The summed E-state index contributed by atoms with van der Waals surface area (Å²) in [5, 5.41) is 0. The molecule has 0 radical (unpaired) electrons. The van der Waals surface area contributed by atoms with Crippen molar-refractivity contribution in [1.29, 1.82) is 0 Å². The molecule has 0 unspecified atom stereocenters. The summed E-state index contributed by atoms with van der Waals surface area (Å²) in [6.07, 6.45) is 7.42. The second kappa shape index (κ2) is 9.69. The van der Waals surface area contributed by atoms with Gasteiger partial charge in [0.05, 0.1) is 17.6 Å². The average molecular weight is 473 g/mol.